The summed E-state index contributed by atoms with van der Waals surface area (Å²) >= 11 is 5.90. The molecule has 1 aliphatic rings. The van der Waals surface area contributed by atoms with E-state index in [4.69, 9.17) is 11.6 Å². The lowest BCUT2D eigenvalue weighted by atomic mass is 9.83. The maximum absolute atomic E-state index is 12.1. The first kappa shape index (κ1) is 15.7. The average molecular weight is 306 g/mol. The molecule has 1 aromatic rings. The van der Waals surface area contributed by atoms with Gasteiger partial charge in [0.15, 0.2) is 0 Å². The minimum absolute atomic E-state index is 0.146. The molecule has 0 heterocycles. The standard InChI is InChI=1S/C16H20ClN3O/c1-12-9-13(17)5-6-14(12)19-10-15(21)20-16(11-18)7-3-2-4-8-16/h5-6,9,19H,2-4,7-8,10H2,1H3,(H,20,21). The van der Waals surface area contributed by atoms with Crippen molar-refractivity contribution in [1.82, 2.24) is 5.32 Å². The van der Waals surface area contributed by atoms with Crippen LogP contribution in [0.2, 0.25) is 5.02 Å². The number of nitrogens with one attached hydrogen (secondary N) is 2. The minimum Gasteiger partial charge on any atom is -0.376 e. The van der Waals surface area contributed by atoms with E-state index in [-0.39, 0.29) is 12.5 Å². The SMILES string of the molecule is Cc1cc(Cl)ccc1NCC(=O)NC1(C#N)CCCCC1. The van der Waals surface area contributed by atoms with Gasteiger partial charge in [-0.25, -0.2) is 0 Å². The van der Waals surface area contributed by atoms with Crippen molar-refractivity contribution in [1.29, 1.82) is 5.26 Å². The highest BCUT2D eigenvalue weighted by molar-refractivity contribution is 6.30. The molecule has 21 heavy (non-hydrogen) atoms. The Labute approximate surface area is 130 Å². The molecule has 0 aliphatic heterocycles. The van der Waals surface area contributed by atoms with Gasteiger partial charge in [-0.15, -0.1) is 0 Å². The van der Waals surface area contributed by atoms with Crippen LogP contribution in [0.4, 0.5) is 5.69 Å². The van der Waals surface area contributed by atoms with Gasteiger partial charge in [-0.05, 0) is 43.5 Å². The van der Waals surface area contributed by atoms with E-state index in [1.807, 2.05) is 19.1 Å². The van der Waals surface area contributed by atoms with Crippen molar-refractivity contribution >= 4 is 23.2 Å². The fourth-order valence-electron chi connectivity index (χ4n) is 2.73. The van der Waals surface area contributed by atoms with Gasteiger partial charge in [0, 0.05) is 10.7 Å². The van der Waals surface area contributed by atoms with Gasteiger partial charge < -0.3 is 10.6 Å². The Balaban J connectivity index is 1.91. The monoisotopic (exact) mass is 305 g/mol. The van der Waals surface area contributed by atoms with Crippen LogP contribution in [0.15, 0.2) is 18.2 Å². The Kier molecular flexibility index (Phi) is 5.08. The number of carbonyl (C=O) groups is 1. The van der Waals surface area contributed by atoms with Crippen molar-refractivity contribution in [3.63, 3.8) is 0 Å². The second-order valence-electron chi connectivity index (χ2n) is 5.62. The number of nitriles is 1. The predicted octanol–water partition coefficient (Wildman–Crippen LogP) is 3.40. The lowest BCUT2D eigenvalue weighted by molar-refractivity contribution is -0.121. The topological polar surface area (TPSA) is 64.9 Å². The first-order valence-corrected chi connectivity index (χ1v) is 7.65. The number of halogens is 1. The molecule has 0 bridgehead atoms. The summed E-state index contributed by atoms with van der Waals surface area (Å²) in [6, 6.07) is 7.77. The normalized spacial score (nSPS) is 16.8. The Bertz CT molecular complexity index is 559. The Morgan fingerprint density at radius 3 is 2.71 bits per heavy atom. The molecule has 2 N–H and O–H groups in total. The predicted molar refractivity (Wildman–Crippen MR) is 84.3 cm³/mol. The summed E-state index contributed by atoms with van der Waals surface area (Å²) in [5.74, 6) is -0.146. The van der Waals surface area contributed by atoms with Crippen LogP contribution in [0.25, 0.3) is 0 Å². The molecule has 112 valence electrons. The van der Waals surface area contributed by atoms with Crippen molar-refractivity contribution in [3.8, 4) is 6.07 Å². The summed E-state index contributed by atoms with van der Waals surface area (Å²) < 4.78 is 0. The van der Waals surface area contributed by atoms with Crippen molar-refractivity contribution in [3.05, 3.63) is 28.8 Å². The Morgan fingerprint density at radius 1 is 1.38 bits per heavy atom. The van der Waals surface area contributed by atoms with Crippen LogP contribution in [0, 0.1) is 18.3 Å². The van der Waals surface area contributed by atoms with E-state index < -0.39 is 5.54 Å². The first-order valence-electron chi connectivity index (χ1n) is 7.27. The summed E-state index contributed by atoms with van der Waals surface area (Å²) in [4.78, 5) is 12.1. The lowest BCUT2D eigenvalue weighted by Crippen LogP contribution is -2.50. The van der Waals surface area contributed by atoms with Gasteiger partial charge in [-0.2, -0.15) is 5.26 Å². The van der Waals surface area contributed by atoms with Crippen LogP contribution in [0.1, 0.15) is 37.7 Å². The second-order valence-corrected chi connectivity index (χ2v) is 6.05. The number of anilines is 1. The van der Waals surface area contributed by atoms with Crippen LogP contribution in [-0.4, -0.2) is 18.0 Å². The van der Waals surface area contributed by atoms with Crippen LogP contribution < -0.4 is 10.6 Å². The highest BCUT2D eigenvalue weighted by Crippen LogP contribution is 2.27. The minimum atomic E-state index is -0.675. The highest BCUT2D eigenvalue weighted by Gasteiger charge is 2.33. The number of rotatable bonds is 4. The largest absolute Gasteiger partial charge is 0.376 e. The molecule has 1 fully saturated rings. The molecule has 5 heteroatoms. The zero-order valence-corrected chi connectivity index (χ0v) is 13.0. The zero-order valence-electron chi connectivity index (χ0n) is 12.2. The number of nitrogens with zero attached hydrogens (tertiary/aromatic N) is 1. The number of benzene rings is 1. The van der Waals surface area contributed by atoms with Gasteiger partial charge in [-0.1, -0.05) is 30.9 Å². The summed E-state index contributed by atoms with van der Waals surface area (Å²) in [6.45, 7) is 2.09. The molecule has 0 spiro atoms. The molecule has 0 saturated heterocycles. The maximum Gasteiger partial charge on any atom is 0.240 e. The third-order valence-corrected chi connectivity index (χ3v) is 4.16. The second kappa shape index (κ2) is 6.82. The van der Waals surface area contributed by atoms with Crippen molar-refractivity contribution in [2.75, 3.05) is 11.9 Å². The molecule has 0 unspecified atom stereocenters. The number of aryl methyl sites for hydroxylation is 1. The quantitative estimate of drug-likeness (QED) is 0.896. The summed E-state index contributed by atoms with van der Waals surface area (Å²) in [5, 5.41) is 16.0. The lowest BCUT2D eigenvalue weighted by Gasteiger charge is -2.31. The fourth-order valence-corrected chi connectivity index (χ4v) is 2.96. The van der Waals surface area contributed by atoms with E-state index in [2.05, 4.69) is 16.7 Å². The van der Waals surface area contributed by atoms with Crippen molar-refractivity contribution < 1.29 is 4.79 Å². The van der Waals surface area contributed by atoms with Crippen molar-refractivity contribution in [2.24, 2.45) is 0 Å². The van der Waals surface area contributed by atoms with Gasteiger partial charge >= 0.3 is 0 Å². The molecular formula is C16H20ClN3O. The number of hydrogen-bond acceptors (Lipinski definition) is 3. The third-order valence-electron chi connectivity index (χ3n) is 3.93. The van der Waals surface area contributed by atoms with Crippen molar-refractivity contribution in [2.45, 2.75) is 44.6 Å². The van der Waals surface area contributed by atoms with Crippen LogP contribution in [0.3, 0.4) is 0 Å². The van der Waals surface area contributed by atoms with E-state index in [0.29, 0.717) is 5.02 Å². The maximum atomic E-state index is 12.1. The highest BCUT2D eigenvalue weighted by atomic mass is 35.5. The molecule has 0 aromatic heterocycles. The molecule has 1 saturated carbocycles. The van der Waals surface area contributed by atoms with Gasteiger partial charge in [0.25, 0.3) is 0 Å². The van der Waals surface area contributed by atoms with Gasteiger partial charge in [-0.3, -0.25) is 4.79 Å². The third kappa shape index (κ3) is 4.12. The smallest absolute Gasteiger partial charge is 0.240 e. The average Bonchev–Trinajstić information content (AvgIpc) is 2.47. The van der Waals surface area contributed by atoms with Gasteiger partial charge in [0.2, 0.25) is 5.91 Å². The zero-order chi connectivity index (χ0) is 15.3. The van der Waals surface area contributed by atoms with E-state index in [0.717, 1.165) is 43.4 Å². The fraction of sp³-hybridized carbons (Fsp3) is 0.500. The van der Waals surface area contributed by atoms with Crippen LogP contribution >= 0.6 is 11.6 Å². The molecule has 4 nitrogen and oxygen atoms in total. The Hall–Kier alpha value is -1.73. The van der Waals surface area contributed by atoms with Crippen LogP contribution in [-0.2, 0) is 4.79 Å². The van der Waals surface area contributed by atoms with E-state index in [9.17, 15) is 10.1 Å². The molecule has 1 amide bonds. The molecule has 2 rings (SSSR count). The van der Waals surface area contributed by atoms with E-state index in [1.165, 1.54) is 0 Å². The van der Waals surface area contributed by atoms with Gasteiger partial charge in [0.1, 0.15) is 5.54 Å². The Morgan fingerprint density at radius 2 is 2.10 bits per heavy atom. The van der Waals surface area contributed by atoms with Crippen LogP contribution in [0.5, 0.6) is 0 Å². The summed E-state index contributed by atoms with van der Waals surface area (Å²) in [7, 11) is 0. The molecule has 1 aromatic carbocycles. The van der Waals surface area contributed by atoms with E-state index >= 15 is 0 Å². The summed E-state index contributed by atoms with van der Waals surface area (Å²) in [6.07, 6.45) is 4.63. The number of carbonyl (C=O) groups excluding carboxylic acids is 1. The first-order chi connectivity index (χ1) is 10.0. The number of hydrogen-bond donors (Lipinski definition) is 2. The number of amides is 1. The summed E-state index contributed by atoms with van der Waals surface area (Å²) in [5.41, 5.74) is 1.19. The molecule has 1 aliphatic carbocycles. The molecule has 0 radical (unpaired) electrons. The molecule has 0 atom stereocenters. The van der Waals surface area contributed by atoms with E-state index in [1.54, 1.807) is 6.07 Å². The van der Waals surface area contributed by atoms with Gasteiger partial charge in [0.05, 0.1) is 12.6 Å². The molecular weight excluding hydrogens is 286 g/mol.